The van der Waals surface area contributed by atoms with Crippen LogP contribution in [0.1, 0.15) is 26.3 Å². The van der Waals surface area contributed by atoms with Crippen molar-refractivity contribution in [2.45, 2.75) is 32.9 Å². The molecule has 0 heterocycles. The van der Waals surface area contributed by atoms with Crippen molar-refractivity contribution in [1.29, 1.82) is 0 Å². The lowest BCUT2D eigenvalue weighted by Gasteiger charge is -2.20. The molecule has 86 valence electrons. The molecule has 0 unspecified atom stereocenters. The molecule has 15 heavy (non-hydrogen) atoms. The molecule has 1 rings (SSSR count). The molecule has 0 saturated carbocycles. The van der Waals surface area contributed by atoms with Crippen LogP contribution in [-0.2, 0) is 6.54 Å². The fourth-order valence-electron chi connectivity index (χ4n) is 1.02. The summed E-state index contributed by atoms with van der Waals surface area (Å²) in [4.78, 5) is 0. The van der Waals surface area contributed by atoms with Gasteiger partial charge in [0.15, 0.2) is 0 Å². The van der Waals surface area contributed by atoms with Gasteiger partial charge in [-0.2, -0.15) is 0 Å². The van der Waals surface area contributed by atoms with Gasteiger partial charge in [0.1, 0.15) is 0 Å². The highest BCUT2D eigenvalue weighted by Crippen LogP contribution is 2.22. The van der Waals surface area contributed by atoms with Crippen molar-refractivity contribution in [3.8, 4) is 0 Å². The highest BCUT2D eigenvalue weighted by Gasteiger charge is 2.08. The Balaban J connectivity index is 0.00000196. The van der Waals surface area contributed by atoms with Crippen LogP contribution >= 0.6 is 35.6 Å². The molecule has 0 aromatic heterocycles. The standard InChI is InChI=1S/C11H15Cl2N.ClH/c1-11(2,3)14-7-8-4-5-9(12)10(13)6-8;/h4-6,14H,7H2,1-3H3;1H. The van der Waals surface area contributed by atoms with Crippen molar-refractivity contribution >= 4 is 35.6 Å². The molecule has 1 nitrogen and oxygen atoms in total. The molecule has 0 radical (unpaired) electrons. The molecule has 1 N–H and O–H groups in total. The normalized spacial score (nSPS) is 11.0. The van der Waals surface area contributed by atoms with Gasteiger partial charge in [0.2, 0.25) is 0 Å². The van der Waals surface area contributed by atoms with E-state index in [0.29, 0.717) is 10.0 Å². The molecule has 0 spiro atoms. The zero-order valence-corrected chi connectivity index (χ0v) is 11.4. The van der Waals surface area contributed by atoms with Gasteiger partial charge in [-0.25, -0.2) is 0 Å². The monoisotopic (exact) mass is 267 g/mol. The van der Waals surface area contributed by atoms with Crippen LogP contribution in [0.3, 0.4) is 0 Å². The molecule has 0 fully saturated rings. The van der Waals surface area contributed by atoms with Crippen LogP contribution in [-0.4, -0.2) is 5.54 Å². The summed E-state index contributed by atoms with van der Waals surface area (Å²) in [6, 6.07) is 5.69. The molecule has 0 amide bonds. The van der Waals surface area contributed by atoms with Gasteiger partial charge in [0, 0.05) is 12.1 Å². The zero-order valence-electron chi connectivity index (χ0n) is 9.10. The van der Waals surface area contributed by atoms with Gasteiger partial charge in [0.25, 0.3) is 0 Å². The molecule has 0 aliphatic heterocycles. The van der Waals surface area contributed by atoms with Crippen molar-refractivity contribution in [3.63, 3.8) is 0 Å². The summed E-state index contributed by atoms with van der Waals surface area (Å²) >= 11 is 11.7. The second-order valence-corrected chi connectivity index (χ2v) is 5.17. The molecule has 1 aromatic carbocycles. The number of hydrogen-bond acceptors (Lipinski definition) is 1. The first kappa shape index (κ1) is 15.0. The molecule has 4 heteroatoms. The van der Waals surface area contributed by atoms with Crippen LogP contribution in [0, 0.1) is 0 Å². The Morgan fingerprint density at radius 3 is 2.20 bits per heavy atom. The van der Waals surface area contributed by atoms with Crippen LogP contribution in [0.25, 0.3) is 0 Å². The van der Waals surface area contributed by atoms with Gasteiger partial charge in [0.05, 0.1) is 10.0 Å². The fourth-order valence-corrected chi connectivity index (χ4v) is 1.34. The summed E-state index contributed by atoms with van der Waals surface area (Å²) in [7, 11) is 0. The fraction of sp³-hybridized carbons (Fsp3) is 0.455. The van der Waals surface area contributed by atoms with E-state index in [1.165, 1.54) is 0 Å². The Morgan fingerprint density at radius 1 is 1.13 bits per heavy atom. The predicted octanol–water partition coefficient (Wildman–Crippen LogP) is 4.30. The molecule has 0 bridgehead atoms. The third kappa shape index (κ3) is 5.62. The smallest absolute Gasteiger partial charge is 0.0595 e. The van der Waals surface area contributed by atoms with Crippen molar-refractivity contribution in [2.75, 3.05) is 0 Å². The Bertz CT molecular complexity index is 318. The van der Waals surface area contributed by atoms with Crippen molar-refractivity contribution in [2.24, 2.45) is 0 Å². The van der Waals surface area contributed by atoms with Crippen LogP contribution in [0.4, 0.5) is 0 Å². The second-order valence-electron chi connectivity index (χ2n) is 4.35. The summed E-state index contributed by atoms with van der Waals surface area (Å²) in [5.74, 6) is 0. The van der Waals surface area contributed by atoms with E-state index in [1.807, 2.05) is 18.2 Å². The molecule has 0 aliphatic carbocycles. The van der Waals surface area contributed by atoms with Gasteiger partial charge in [-0.3, -0.25) is 0 Å². The lowest BCUT2D eigenvalue weighted by molar-refractivity contribution is 0.424. The molecular weight excluding hydrogens is 252 g/mol. The van der Waals surface area contributed by atoms with Crippen molar-refractivity contribution < 1.29 is 0 Å². The lowest BCUT2D eigenvalue weighted by atomic mass is 10.1. The predicted molar refractivity (Wildman–Crippen MR) is 70.3 cm³/mol. The molecule has 0 aliphatic rings. The molecular formula is C11H16Cl3N. The maximum absolute atomic E-state index is 5.90. The average Bonchev–Trinajstić information content (AvgIpc) is 2.06. The lowest BCUT2D eigenvalue weighted by Crippen LogP contribution is -2.35. The first-order chi connectivity index (χ1) is 6.38. The van der Waals surface area contributed by atoms with Crippen molar-refractivity contribution in [3.05, 3.63) is 33.8 Å². The number of hydrogen-bond donors (Lipinski definition) is 1. The van der Waals surface area contributed by atoms with Gasteiger partial charge < -0.3 is 5.32 Å². The van der Waals surface area contributed by atoms with Crippen LogP contribution in [0.5, 0.6) is 0 Å². The molecule has 0 atom stereocenters. The number of halogens is 3. The second kappa shape index (κ2) is 5.95. The topological polar surface area (TPSA) is 12.0 Å². The minimum Gasteiger partial charge on any atom is -0.308 e. The summed E-state index contributed by atoms with van der Waals surface area (Å²) in [5, 5.41) is 4.60. The summed E-state index contributed by atoms with van der Waals surface area (Å²) in [5.41, 5.74) is 1.26. The summed E-state index contributed by atoms with van der Waals surface area (Å²) in [6.07, 6.45) is 0. The quantitative estimate of drug-likeness (QED) is 0.843. The van der Waals surface area contributed by atoms with Gasteiger partial charge in [-0.05, 0) is 38.5 Å². The Kier molecular flexibility index (Phi) is 5.97. The van der Waals surface area contributed by atoms with Crippen LogP contribution in [0.2, 0.25) is 10.0 Å². The first-order valence-electron chi connectivity index (χ1n) is 4.57. The molecule has 1 aromatic rings. The van der Waals surface area contributed by atoms with Gasteiger partial charge in [-0.1, -0.05) is 29.3 Å². The Labute approximate surface area is 108 Å². The largest absolute Gasteiger partial charge is 0.308 e. The third-order valence-corrected chi connectivity index (χ3v) is 2.55. The number of benzene rings is 1. The van der Waals surface area contributed by atoms with Crippen LogP contribution in [0.15, 0.2) is 18.2 Å². The maximum atomic E-state index is 5.90. The van der Waals surface area contributed by atoms with E-state index in [-0.39, 0.29) is 17.9 Å². The van der Waals surface area contributed by atoms with E-state index in [2.05, 4.69) is 26.1 Å². The van der Waals surface area contributed by atoms with E-state index < -0.39 is 0 Å². The number of rotatable bonds is 2. The minimum atomic E-state index is 0. The van der Waals surface area contributed by atoms with E-state index >= 15 is 0 Å². The highest BCUT2D eigenvalue weighted by atomic mass is 35.5. The van der Waals surface area contributed by atoms with E-state index in [4.69, 9.17) is 23.2 Å². The average molecular weight is 269 g/mol. The first-order valence-corrected chi connectivity index (χ1v) is 5.33. The zero-order chi connectivity index (χ0) is 10.8. The van der Waals surface area contributed by atoms with Gasteiger partial charge >= 0.3 is 0 Å². The van der Waals surface area contributed by atoms with E-state index in [1.54, 1.807) is 0 Å². The third-order valence-electron chi connectivity index (χ3n) is 1.81. The summed E-state index contributed by atoms with van der Waals surface area (Å²) in [6.45, 7) is 7.19. The van der Waals surface area contributed by atoms with E-state index in [0.717, 1.165) is 12.1 Å². The highest BCUT2D eigenvalue weighted by molar-refractivity contribution is 6.42. The minimum absolute atomic E-state index is 0. The number of nitrogens with one attached hydrogen (secondary N) is 1. The Hall–Kier alpha value is 0.0500. The van der Waals surface area contributed by atoms with E-state index in [9.17, 15) is 0 Å². The SMILES string of the molecule is CC(C)(C)NCc1ccc(Cl)c(Cl)c1.Cl. The van der Waals surface area contributed by atoms with Gasteiger partial charge in [-0.15, -0.1) is 12.4 Å². The van der Waals surface area contributed by atoms with Crippen LogP contribution < -0.4 is 5.32 Å². The summed E-state index contributed by atoms with van der Waals surface area (Å²) < 4.78 is 0. The maximum Gasteiger partial charge on any atom is 0.0595 e. The molecule has 0 saturated heterocycles. The Morgan fingerprint density at radius 2 is 1.73 bits per heavy atom. The van der Waals surface area contributed by atoms with Crippen molar-refractivity contribution in [1.82, 2.24) is 5.32 Å².